The number of fused-ring (bicyclic) bond motifs is 2. The Kier molecular flexibility index (Phi) is 6.39. The molecule has 3 aromatic carbocycles. The van der Waals surface area contributed by atoms with E-state index in [1.807, 2.05) is 66.7 Å². The van der Waals surface area contributed by atoms with Gasteiger partial charge in [0.2, 0.25) is 0 Å². The van der Waals surface area contributed by atoms with Gasteiger partial charge in [-0.15, -0.1) is 0 Å². The van der Waals surface area contributed by atoms with Gasteiger partial charge in [0, 0.05) is 35.7 Å². The van der Waals surface area contributed by atoms with E-state index in [-0.39, 0.29) is 24.3 Å². The largest absolute Gasteiger partial charge is 0.497 e. The molecule has 0 aliphatic carbocycles. The van der Waals surface area contributed by atoms with Crippen LogP contribution in [0.25, 0.3) is 10.9 Å². The van der Waals surface area contributed by atoms with Crippen LogP contribution in [0.4, 0.5) is 5.69 Å². The molecule has 35 heavy (non-hydrogen) atoms. The third kappa shape index (κ3) is 4.99. The fraction of sp³-hybridized carbons (Fsp3) is 0.214. The molecule has 5 rings (SSSR count). The molecule has 1 N–H and O–H groups in total. The van der Waals surface area contributed by atoms with E-state index in [2.05, 4.69) is 5.32 Å². The molecule has 0 radical (unpaired) electrons. The maximum absolute atomic E-state index is 13.5. The van der Waals surface area contributed by atoms with Crippen LogP contribution in [0.1, 0.15) is 11.1 Å². The number of carbonyl (C=O) groups excluding carboxylic acids is 1. The summed E-state index contributed by atoms with van der Waals surface area (Å²) >= 11 is 0. The summed E-state index contributed by atoms with van der Waals surface area (Å²) in [6.07, 6.45) is 0.258. The average molecular weight is 471 g/mol. The number of aromatic nitrogens is 1. The number of ketones is 1. The Balaban J connectivity index is 1.49. The molecule has 0 bridgehead atoms. The Morgan fingerprint density at radius 1 is 0.971 bits per heavy atom. The standard InChI is InChI=1S/C28H26N2O5/c1-33-24-9-7-22(8-10-24)29-17-21-14-20-15-26-27(35-12-11-34-26)16-25(20)30(28(21)32)18-23(31)13-19-5-3-2-4-6-19/h2-10,14-16,29H,11-13,17-18H2,1H3. The predicted octanol–water partition coefficient (Wildman–Crippen LogP) is 4.21. The highest BCUT2D eigenvalue weighted by Crippen LogP contribution is 2.34. The fourth-order valence-corrected chi connectivity index (χ4v) is 4.22. The van der Waals surface area contributed by atoms with Gasteiger partial charge in [-0.2, -0.15) is 0 Å². The number of nitrogens with zero attached hydrogens (tertiary/aromatic N) is 1. The van der Waals surface area contributed by atoms with Crippen molar-refractivity contribution in [2.24, 2.45) is 0 Å². The zero-order chi connectivity index (χ0) is 24.2. The Morgan fingerprint density at radius 3 is 2.40 bits per heavy atom. The fourth-order valence-electron chi connectivity index (χ4n) is 4.22. The summed E-state index contributed by atoms with van der Waals surface area (Å²) in [7, 11) is 1.62. The summed E-state index contributed by atoms with van der Waals surface area (Å²) in [6, 6.07) is 22.6. The Labute approximate surface area is 202 Å². The van der Waals surface area contributed by atoms with Gasteiger partial charge >= 0.3 is 0 Å². The van der Waals surface area contributed by atoms with Gasteiger partial charge in [0.05, 0.1) is 19.2 Å². The SMILES string of the molecule is COc1ccc(NCc2cc3cc4c(cc3n(CC(=O)Cc3ccccc3)c2=O)OCCO4)cc1. The topological polar surface area (TPSA) is 78.8 Å². The minimum atomic E-state index is -0.211. The van der Waals surface area contributed by atoms with Crippen molar-refractivity contribution < 1.29 is 19.0 Å². The quantitative estimate of drug-likeness (QED) is 0.416. The maximum atomic E-state index is 13.5. The molecule has 178 valence electrons. The summed E-state index contributed by atoms with van der Waals surface area (Å²) in [5, 5.41) is 4.10. The first kappa shape index (κ1) is 22.5. The summed E-state index contributed by atoms with van der Waals surface area (Å²) in [4.78, 5) is 26.5. The van der Waals surface area contributed by atoms with Gasteiger partial charge in [-0.25, -0.2) is 0 Å². The second kappa shape index (κ2) is 9.93. The Bertz CT molecular complexity index is 1410. The smallest absolute Gasteiger partial charge is 0.256 e. The van der Waals surface area contributed by atoms with Crippen LogP contribution in [0, 0.1) is 0 Å². The predicted molar refractivity (Wildman–Crippen MR) is 135 cm³/mol. The number of ether oxygens (including phenoxy) is 3. The number of benzene rings is 3. The number of carbonyl (C=O) groups is 1. The molecule has 0 spiro atoms. The molecule has 0 fully saturated rings. The molecule has 0 saturated carbocycles. The van der Waals surface area contributed by atoms with E-state index in [0.29, 0.717) is 42.3 Å². The van der Waals surface area contributed by atoms with Crippen LogP contribution in [0.2, 0.25) is 0 Å². The van der Waals surface area contributed by atoms with E-state index in [4.69, 9.17) is 14.2 Å². The molecule has 7 heteroatoms. The summed E-state index contributed by atoms with van der Waals surface area (Å²) < 4.78 is 18.2. The van der Waals surface area contributed by atoms with E-state index < -0.39 is 0 Å². The number of pyridine rings is 1. The maximum Gasteiger partial charge on any atom is 0.256 e. The minimum Gasteiger partial charge on any atom is -0.497 e. The van der Waals surface area contributed by atoms with Gasteiger partial charge in [-0.05, 0) is 42.0 Å². The Morgan fingerprint density at radius 2 is 1.69 bits per heavy atom. The number of anilines is 1. The van der Waals surface area contributed by atoms with E-state index >= 15 is 0 Å². The third-order valence-electron chi connectivity index (χ3n) is 5.98. The van der Waals surface area contributed by atoms with Gasteiger partial charge < -0.3 is 24.1 Å². The number of hydrogen-bond acceptors (Lipinski definition) is 6. The molecular weight excluding hydrogens is 444 g/mol. The van der Waals surface area contributed by atoms with Gasteiger partial charge in [0.15, 0.2) is 17.3 Å². The molecule has 0 unspecified atom stereocenters. The zero-order valence-electron chi connectivity index (χ0n) is 19.5. The molecule has 4 aromatic rings. The highest BCUT2D eigenvalue weighted by molar-refractivity contribution is 5.87. The van der Waals surface area contributed by atoms with Crippen molar-refractivity contribution in [3.05, 3.63) is 94.3 Å². The molecule has 0 atom stereocenters. The summed E-state index contributed by atoms with van der Waals surface area (Å²) in [6.45, 7) is 1.20. The monoisotopic (exact) mass is 470 g/mol. The number of nitrogens with one attached hydrogen (secondary N) is 1. The van der Waals surface area contributed by atoms with Crippen LogP contribution in [0.3, 0.4) is 0 Å². The second-order valence-electron chi connectivity index (χ2n) is 8.40. The van der Waals surface area contributed by atoms with E-state index in [0.717, 1.165) is 22.4 Å². The van der Waals surface area contributed by atoms with E-state index in [9.17, 15) is 9.59 Å². The minimum absolute atomic E-state index is 0.0275. The molecule has 1 aliphatic rings. The van der Waals surface area contributed by atoms with E-state index in [1.165, 1.54) is 0 Å². The molecule has 7 nitrogen and oxygen atoms in total. The molecule has 1 aromatic heterocycles. The van der Waals surface area contributed by atoms with Crippen LogP contribution >= 0.6 is 0 Å². The molecule has 1 aliphatic heterocycles. The van der Waals surface area contributed by atoms with Crippen molar-refractivity contribution in [1.29, 1.82) is 0 Å². The number of Topliss-reactive ketones (excluding diaryl/α,β-unsaturated/α-hetero) is 1. The van der Waals surface area contributed by atoms with Crippen molar-refractivity contribution >= 4 is 22.4 Å². The van der Waals surface area contributed by atoms with Gasteiger partial charge in [-0.3, -0.25) is 9.59 Å². The summed E-state index contributed by atoms with van der Waals surface area (Å²) in [5.74, 6) is 1.93. The first-order chi connectivity index (χ1) is 17.1. The van der Waals surface area contributed by atoms with Crippen molar-refractivity contribution in [3.8, 4) is 17.2 Å². The number of methoxy groups -OCH3 is 1. The lowest BCUT2D eigenvalue weighted by molar-refractivity contribution is -0.119. The third-order valence-corrected chi connectivity index (χ3v) is 5.98. The van der Waals surface area contributed by atoms with Gasteiger partial charge in [-0.1, -0.05) is 30.3 Å². The van der Waals surface area contributed by atoms with Gasteiger partial charge in [0.25, 0.3) is 5.56 Å². The first-order valence-corrected chi connectivity index (χ1v) is 11.5. The number of hydrogen-bond donors (Lipinski definition) is 1. The van der Waals surface area contributed by atoms with Crippen LogP contribution in [-0.2, 0) is 24.3 Å². The zero-order valence-corrected chi connectivity index (χ0v) is 19.5. The first-order valence-electron chi connectivity index (χ1n) is 11.5. The van der Waals surface area contributed by atoms with Crippen molar-refractivity contribution in [2.75, 3.05) is 25.6 Å². The molecular formula is C28H26N2O5. The lowest BCUT2D eigenvalue weighted by atomic mass is 10.1. The normalized spacial score (nSPS) is 12.4. The lowest BCUT2D eigenvalue weighted by Gasteiger charge is -2.21. The van der Waals surface area contributed by atoms with Crippen LogP contribution < -0.4 is 25.1 Å². The van der Waals surface area contributed by atoms with Crippen molar-refractivity contribution in [3.63, 3.8) is 0 Å². The Hall–Kier alpha value is -4.26. The van der Waals surface area contributed by atoms with Crippen LogP contribution in [0.15, 0.2) is 77.6 Å². The number of rotatable bonds is 8. The highest BCUT2D eigenvalue weighted by Gasteiger charge is 2.18. The van der Waals surface area contributed by atoms with Crippen molar-refractivity contribution in [2.45, 2.75) is 19.5 Å². The van der Waals surface area contributed by atoms with Crippen LogP contribution in [0.5, 0.6) is 17.2 Å². The summed E-state index contributed by atoms with van der Waals surface area (Å²) in [5.41, 5.74) is 2.77. The second-order valence-corrected chi connectivity index (χ2v) is 8.40. The molecule has 2 heterocycles. The molecule has 0 amide bonds. The lowest BCUT2D eigenvalue weighted by Crippen LogP contribution is -2.29. The highest BCUT2D eigenvalue weighted by atomic mass is 16.6. The van der Waals surface area contributed by atoms with Crippen molar-refractivity contribution in [1.82, 2.24) is 4.57 Å². The average Bonchev–Trinajstić information content (AvgIpc) is 2.89. The molecule has 0 saturated heterocycles. The van der Waals surface area contributed by atoms with E-state index in [1.54, 1.807) is 17.7 Å². The van der Waals surface area contributed by atoms with Gasteiger partial charge in [0.1, 0.15) is 19.0 Å². The van der Waals surface area contributed by atoms with Crippen LogP contribution in [-0.4, -0.2) is 30.7 Å².